The fourth-order valence-corrected chi connectivity index (χ4v) is 7.25. The third-order valence-corrected chi connectivity index (χ3v) is 10.1. The monoisotopic (exact) mass is 582 g/mol. The highest BCUT2D eigenvalue weighted by Crippen LogP contribution is 2.38. The first-order valence-electron chi connectivity index (χ1n) is 12.9. The Morgan fingerprint density at radius 1 is 0.950 bits per heavy atom. The molecule has 1 N–H and O–H groups in total. The van der Waals surface area contributed by atoms with Gasteiger partial charge in [-0.3, -0.25) is 18.7 Å². The van der Waals surface area contributed by atoms with Gasteiger partial charge in [0.15, 0.2) is 0 Å². The Morgan fingerprint density at radius 2 is 1.62 bits per heavy atom. The van der Waals surface area contributed by atoms with Crippen molar-refractivity contribution in [2.75, 3.05) is 49.5 Å². The summed E-state index contributed by atoms with van der Waals surface area (Å²) in [5.74, 6) is -0.671. The van der Waals surface area contributed by atoms with E-state index in [0.29, 0.717) is 62.1 Å². The molecule has 2 aliphatic heterocycles. The Morgan fingerprint density at radius 3 is 2.27 bits per heavy atom. The van der Waals surface area contributed by atoms with Gasteiger partial charge in [0, 0.05) is 44.0 Å². The number of para-hydroxylation sites is 1. The number of nitrogens with zero attached hydrogens (tertiary/aromatic N) is 3. The highest BCUT2D eigenvalue weighted by atomic mass is 32.2. The lowest BCUT2D eigenvalue weighted by Gasteiger charge is -2.29. The fourth-order valence-electron chi connectivity index (χ4n) is 4.80. The molecule has 0 atom stereocenters. The third-order valence-electron chi connectivity index (χ3n) is 7.14. The maximum Gasteiger partial charge on any atom is 0.264 e. The van der Waals surface area contributed by atoms with Gasteiger partial charge in [0.1, 0.15) is 5.00 Å². The van der Waals surface area contributed by atoms with Crippen LogP contribution in [0.2, 0.25) is 0 Å². The van der Waals surface area contributed by atoms with Crippen molar-refractivity contribution in [2.24, 2.45) is 0 Å². The number of ether oxygens (including phenoxy) is 1. The number of morpholine rings is 1. The van der Waals surface area contributed by atoms with Crippen molar-refractivity contribution in [3.63, 3.8) is 0 Å². The van der Waals surface area contributed by atoms with E-state index in [0.717, 1.165) is 10.4 Å². The number of hydrogen-bond acceptors (Lipinski definition) is 7. The average molecular weight is 583 g/mol. The number of carbonyl (C=O) groups is 3. The minimum atomic E-state index is -3.83. The van der Waals surface area contributed by atoms with Crippen LogP contribution in [-0.2, 0) is 32.5 Å². The summed E-state index contributed by atoms with van der Waals surface area (Å²) in [5, 5.41) is 3.32. The van der Waals surface area contributed by atoms with Gasteiger partial charge in [-0.25, -0.2) is 8.42 Å². The molecule has 0 bridgehead atoms. The lowest BCUT2D eigenvalue weighted by Crippen LogP contribution is -2.41. The van der Waals surface area contributed by atoms with E-state index < -0.39 is 15.9 Å². The van der Waals surface area contributed by atoms with E-state index in [1.165, 1.54) is 53.9 Å². The van der Waals surface area contributed by atoms with Crippen LogP contribution in [0.4, 0.5) is 10.7 Å². The summed E-state index contributed by atoms with van der Waals surface area (Å²) in [4.78, 5) is 43.3. The van der Waals surface area contributed by atoms with Crippen molar-refractivity contribution in [2.45, 2.75) is 24.8 Å². The van der Waals surface area contributed by atoms with Crippen molar-refractivity contribution in [1.29, 1.82) is 0 Å². The number of sulfonamides is 1. The molecule has 0 aliphatic carbocycles. The molecule has 210 valence electrons. The molecule has 5 rings (SSSR count). The van der Waals surface area contributed by atoms with Gasteiger partial charge in [-0.1, -0.05) is 18.2 Å². The predicted molar refractivity (Wildman–Crippen MR) is 152 cm³/mol. The van der Waals surface area contributed by atoms with Gasteiger partial charge >= 0.3 is 0 Å². The summed E-state index contributed by atoms with van der Waals surface area (Å²) in [6, 6.07) is 14.4. The van der Waals surface area contributed by atoms with E-state index >= 15 is 0 Å². The first-order valence-corrected chi connectivity index (χ1v) is 15.1. The number of hydrogen-bond donors (Lipinski definition) is 1. The normalized spacial score (nSPS) is 15.3. The first-order chi connectivity index (χ1) is 19.2. The van der Waals surface area contributed by atoms with Gasteiger partial charge < -0.3 is 19.9 Å². The zero-order valence-electron chi connectivity index (χ0n) is 22.3. The minimum absolute atomic E-state index is 0.0429. The molecule has 1 fully saturated rings. The lowest BCUT2D eigenvalue weighted by molar-refractivity contribution is -0.129. The topological polar surface area (TPSA) is 116 Å². The van der Waals surface area contributed by atoms with Crippen molar-refractivity contribution in [3.8, 4) is 0 Å². The SMILES string of the molecule is CC(=O)N1CCc2c(sc(NC(=O)c3ccc(S(=O)(=O)N(C)c4ccccc4)cc3)c2C(=O)N2CCOCC2)C1. The zero-order chi connectivity index (χ0) is 28.4. The molecular weight excluding hydrogens is 552 g/mol. The first kappa shape index (κ1) is 27.8. The van der Waals surface area contributed by atoms with Gasteiger partial charge in [0.2, 0.25) is 5.91 Å². The average Bonchev–Trinajstić information content (AvgIpc) is 3.34. The van der Waals surface area contributed by atoms with Crippen LogP contribution in [0, 0.1) is 0 Å². The van der Waals surface area contributed by atoms with Gasteiger partial charge in [-0.05, 0) is 48.4 Å². The van der Waals surface area contributed by atoms with Gasteiger partial charge in [0.25, 0.3) is 21.8 Å². The van der Waals surface area contributed by atoms with Gasteiger partial charge in [-0.15, -0.1) is 11.3 Å². The van der Waals surface area contributed by atoms with Crippen molar-refractivity contribution in [1.82, 2.24) is 9.80 Å². The molecule has 3 heterocycles. The summed E-state index contributed by atoms with van der Waals surface area (Å²) in [7, 11) is -2.35. The fraction of sp³-hybridized carbons (Fsp3) is 0.321. The quantitative estimate of drug-likeness (QED) is 0.477. The third kappa shape index (κ3) is 5.47. The summed E-state index contributed by atoms with van der Waals surface area (Å²) < 4.78 is 32.8. The molecule has 0 spiro atoms. The summed E-state index contributed by atoms with van der Waals surface area (Å²) in [6.45, 7) is 4.23. The Hall–Kier alpha value is -3.74. The standard InChI is InChI=1S/C28H30N4O6S2/c1-19(33)32-13-12-23-24(18-32)39-27(25(23)28(35)31-14-16-38-17-15-31)29-26(34)20-8-10-22(11-9-20)40(36,37)30(2)21-6-4-3-5-7-21/h3-11H,12-18H2,1-2H3,(H,29,34). The van der Waals surface area contributed by atoms with Gasteiger partial charge in [-0.2, -0.15) is 0 Å². The number of rotatable bonds is 6. The van der Waals surface area contributed by atoms with Gasteiger partial charge in [0.05, 0.1) is 35.9 Å². The number of thiophene rings is 1. The molecule has 0 radical (unpaired) electrons. The Balaban J connectivity index is 1.40. The lowest BCUT2D eigenvalue weighted by atomic mass is 10.0. The van der Waals surface area contributed by atoms with Crippen LogP contribution in [0.1, 0.15) is 38.1 Å². The second-order valence-electron chi connectivity index (χ2n) is 9.59. The van der Waals surface area contributed by atoms with Crippen LogP contribution in [0.15, 0.2) is 59.5 Å². The largest absolute Gasteiger partial charge is 0.378 e. The van der Waals surface area contributed by atoms with Crippen LogP contribution in [-0.4, -0.2) is 75.8 Å². The smallest absolute Gasteiger partial charge is 0.264 e. The molecule has 10 nitrogen and oxygen atoms in total. The summed E-state index contributed by atoms with van der Waals surface area (Å²) in [5.41, 5.74) is 2.09. The van der Waals surface area contributed by atoms with Crippen LogP contribution in [0.3, 0.4) is 0 Å². The van der Waals surface area contributed by atoms with Crippen LogP contribution < -0.4 is 9.62 Å². The second-order valence-corrected chi connectivity index (χ2v) is 12.7. The number of fused-ring (bicyclic) bond motifs is 1. The molecule has 40 heavy (non-hydrogen) atoms. The Labute approximate surface area is 237 Å². The van der Waals surface area contributed by atoms with E-state index in [4.69, 9.17) is 4.74 Å². The maximum absolute atomic E-state index is 13.6. The molecular formula is C28H30N4O6S2. The number of carbonyl (C=O) groups excluding carboxylic acids is 3. The van der Waals surface area contributed by atoms with Crippen LogP contribution in [0.5, 0.6) is 0 Å². The van der Waals surface area contributed by atoms with E-state index in [2.05, 4.69) is 5.32 Å². The molecule has 1 aromatic heterocycles. The van der Waals surface area contributed by atoms with E-state index in [1.807, 2.05) is 0 Å². The molecule has 2 aliphatic rings. The second kappa shape index (κ2) is 11.4. The maximum atomic E-state index is 13.6. The zero-order valence-corrected chi connectivity index (χ0v) is 23.9. The van der Waals surface area contributed by atoms with E-state index in [-0.39, 0.29) is 22.3 Å². The molecule has 0 unspecified atom stereocenters. The van der Waals surface area contributed by atoms with Crippen molar-refractivity contribution in [3.05, 3.63) is 76.2 Å². The van der Waals surface area contributed by atoms with Crippen LogP contribution >= 0.6 is 11.3 Å². The van der Waals surface area contributed by atoms with Crippen molar-refractivity contribution < 1.29 is 27.5 Å². The van der Waals surface area contributed by atoms with E-state index in [9.17, 15) is 22.8 Å². The Bertz CT molecular complexity index is 1530. The van der Waals surface area contributed by atoms with E-state index in [1.54, 1.807) is 40.1 Å². The number of anilines is 2. The number of nitrogens with one attached hydrogen (secondary N) is 1. The molecule has 3 amide bonds. The summed E-state index contributed by atoms with van der Waals surface area (Å²) >= 11 is 1.30. The molecule has 3 aromatic rings. The highest BCUT2D eigenvalue weighted by molar-refractivity contribution is 7.92. The molecule has 2 aromatic carbocycles. The Kier molecular flexibility index (Phi) is 7.92. The highest BCUT2D eigenvalue weighted by Gasteiger charge is 2.32. The number of amides is 3. The molecule has 12 heteroatoms. The number of benzene rings is 2. The van der Waals surface area contributed by atoms with Crippen molar-refractivity contribution >= 4 is 49.8 Å². The summed E-state index contributed by atoms with van der Waals surface area (Å²) in [6.07, 6.45) is 0.522. The molecule has 0 saturated carbocycles. The van der Waals surface area contributed by atoms with Crippen LogP contribution in [0.25, 0.3) is 0 Å². The molecule has 1 saturated heterocycles. The predicted octanol–water partition coefficient (Wildman–Crippen LogP) is 3.20. The minimum Gasteiger partial charge on any atom is -0.378 e.